The maximum absolute atomic E-state index is 5.72. The Labute approximate surface area is 167 Å². The van der Waals surface area contributed by atoms with Crippen LogP contribution in [-0.4, -0.2) is 56.3 Å². The Balaban J connectivity index is 1.35. The smallest absolute Gasteiger partial charge is 0.191 e. The summed E-state index contributed by atoms with van der Waals surface area (Å²) in [5.41, 5.74) is 0. The first-order chi connectivity index (χ1) is 13.3. The van der Waals surface area contributed by atoms with E-state index in [-0.39, 0.29) is 4.75 Å². The maximum atomic E-state index is 5.72. The second kappa shape index (κ2) is 10.9. The van der Waals surface area contributed by atoms with Crippen molar-refractivity contribution < 1.29 is 9.47 Å². The number of nitrogens with zero attached hydrogens (tertiary/aromatic N) is 1. The number of guanidine groups is 1. The Hall–Kier alpha value is -1.24. The standard InChI is InChI=1S/C21H33N3O2S/c1-2-22-20(23-13-7-14-25-16-18-8-6-15-26-18)24-17-21(11-12-21)27-19-9-4-3-5-10-19/h3-5,9-10,18H,2,6-8,11-17H2,1H3,(H2,22,23,24). The van der Waals surface area contributed by atoms with E-state index in [1.54, 1.807) is 0 Å². The monoisotopic (exact) mass is 391 g/mol. The first-order valence-corrected chi connectivity index (χ1v) is 11.1. The van der Waals surface area contributed by atoms with Gasteiger partial charge in [-0.3, -0.25) is 4.99 Å². The van der Waals surface area contributed by atoms with Crippen LogP contribution >= 0.6 is 11.8 Å². The third kappa shape index (κ3) is 7.35. The van der Waals surface area contributed by atoms with Crippen molar-refractivity contribution in [1.82, 2.24) is 10.6 Å². The molecule has 1 aliphatic heterocycles. The molecule has 1 aromatic rings. The molecule has 6 heteroatoms. The van der Waals surface area contributed by atoms with Crippen molar-refractivity contribution in [3.05, 3.63) is 30.3 Å². The first-order valence-electron chi connectivity index (χ1n) is 10.3. The molecule has 1 saturated carbocycles. The minimum absolute atomic E-state index is 0.286. The number of hydrogen-bond acceptors (Lipinski definition) is 4. The lowest BCUT2D eigenvalue weighted by Gasteiger charge is -2.15. The van der Waals surface area contributed by atoms with Gasteiger partial charge in [-0.15, -0.1) is 11.8 Å². The molecular formula is C21H33N3O2S. The normalized spacial score (nSPS) is 21.2. The average molecular weight is 392 g/mol. The zero-order chi connectivity index (χ0) is 18.8. The van der Waals surface area contributed by atoms with Crippen LogP contribution in [0.5, 0.6) is 0 Å². The topological polar surface area (TPSA) is 54.9 Å². The second-order valence-electron chi connectivity index (χ2n) is 7.28. The van der Waals surface area contributed by atoms with E-state index in [0.717, 1.165) is 58.3 Å². The van der Waals surface area contributed by atoms with Gasteiger partial charge >= 0.3 is 0 Å². The quantitative estimate of drug-likeness (QED) is 0.344. The van der Waals surface area contributed by atoms with Crippen molar-refractivity contribution in [3.8, 4) is 0 Å². The van der Waals surface area contributed by atoms with Gasteiger partial charge < -0.3 is 20.1 Å². The highest BCUT2D eigenvalue weighted by Gasteiger charge is 2.43. The molecule has 1 heterocycles. The van der Waals surface area contributed by atoms with E-state index in [2.05, 4.69) is 47.9 Å². The van der Waals surface area contributed by atoms with Crippen LogP contribution in [0.15, 0.2) is 40.2 Å². The molecule has 1 aliphatic carbocycles. The van der Waals surface area contributed by atoms with Gasteiger partial charge in [0.1, 0.15) is 0 Å². The summed E-state index contributed by atoms with van der Waals surface area (Å²) in [5.74, 6) is 0.913. The summed E-state index contributed by atoms with van der Waals surface area (Å²) in [6.45, 7) is 7.09. The van der Waals surface area contributed by atoms with Gasteiger partial charge in [0.25, 0.3) is 0 Å². The Morgan fingerprint density at radius 1 is 1.30 bits per heavy atom. The molecule has 0 amide bonds. The van der Waals surface area contributed by atoms with Gasteiger partial charge in [-0.25, -0.2) is 0 Å². The van der Waals surface area contributed by atoms with Crippen LogP contribution in [0.25, 0.3) is 0 Å². The highest BCUT2D eigenvalue weighted by molar-refractivity contribution is 8.01. The van der Waals surface area contributed by atoms with E-state index in [0.29, 0.717) is 6.10 Å². The molecule has 2 fully saturated rings. The van der Waals surface area contributed by atoms with Crippen LogP contribution in [0.1, 0.15) is 39.0 Å². The van der Waals surface area contributed by atoms with E-state index < -0.39 is 0 Å². The van der Waals surface area contributed by atoms with Crippen molar-refractivity contribution in [2.24, 2.45) is 4.99 Å². The number of hydrogen-bond donors (Lipinski definition) is 2. The summed E-state index contributed by atoms with van der Waals surface area (Å²) >= 11 is 1.97. The third-order valence-electron chi connectivity index (χ3n) is 4.84. The SMILES string of the molecule is CCNC(=NCC1(Sc2ccccc2)CC1)NCCCOCC1CCCO1. The number of aliphatic imine (C=N–C) groups is 1. The summed E-state index contributed by atoms with van der Waals surface area (Å²) in [6, 6.07) is 10.7. The summed E-state index contributed by atoms with van der Waals surface area (Å²) < 4.78 is 11.6. The lowest BCUT2D eigenvalue weighted by Crippen LogP contribution is -2.38. The van der Waals surface area contributed by atoms with E-state index in [1.165, 1.54) is 24.2 Å². The summed E-state index contributed by atoms with van der Waals surface area (Å²) in [7, 11) is 0. The minimum Gasteiger partial charge on any atom is -0.379 e. The van der Waals surface area contributed by atoms with Crippen LogP contribution in [-0.2, 0) is 9.47 Å². The zero-order valence-corrected chi connectivity index (χ0v) is 17.2. The van der Waals surface area contributed by atoms with Crippen LogP contribution in [0.4, 0.5) is 0 Å². The number of nitrogens with one attached hydrogen (secondary N) is 2. The molecule has 2 aliphatic rings. The second-order valence-corrected chi connectivity index (χ2v) is 8.83. The van der Waals surface area contributed by atoms with Crippen molar-refractivity contribution in [3.63, 3.8) is 0 Å². The van der Waals surface area contributed by atoms with Crippen molar-refractivity contribution in [2.75, 3.05) is 39.5 Å². The van der Waals surface area contributed by atoms with E-state index in [9.17, 15) is 0 Å². The molecule has 2 N–H and O–H groups in total. The van der Waals surface area contributed by atoms with E-state index >= 15 is 0 Å². The molecule has 0 spiro atoms. The maximum Gasteiger partial charge on any atom is 0.191 e. The average Bonchev–Trinajstić information content (AvgIpc) is 3.24. The Kier molecular flexibility index (Phi) is 8.30. The predicted molar refractivity (Wildman–Crippen MR) is 113 cm³/mol. The fourth-order valence-electron chi connectivity index (χ4n) is 3.11. The third-order valence-corrected chi connectivity index (χ3v) is 6.32. The van der Waals surface area contributed by atoms with Gasteiger partial charge in [0.15, 0.2) is 5.96 Å². The molecule has 1 saturated heterocycles. The summed E-state index contributed by atoms with van der Waals surface area (Å²) in [6.07, 6.45) is 6.08. The van der Waals surface area contributed by atoms with E-state index in [4.69, 9.17) is 14.5 Å². The van der Waals surface area contributed by atoms with E-state index in [1.807, 2.05) is 11.8 Å². The number of ether oxygens (including phenoxy) is 2. The molecule has 1 atom stereocenters. The highest BCUT2D eigenvalue weighted by atomic mass is 32.2. The zero-order valence-electron chi connectivity index (χ0n) is 16.4. The minimum atomic E-state index is 0.286. The van der Waals surface area contributed by atoms with Crippen LogP contribution in [0.3, 0.4) is 0 Å². The molecule has 27 heavy (non-hydrogen) atoms. The molecule has 3 rings (SSSR count). The van der Waals surface area contributed by atoms with Crippen LogP contribution in [0.2, 0.25) is 0 Å². The van der Waals surface area contributed by atoms with Crippen LogP contribution < -0.4 is 10.6 Å². The lowest BCUT2D eigenvalue weighted by atomic mass is 10.2. The number of rotatable bonds is 11. The van der Waals surface area contributed by atoms with Gasteiger partial charge in [0.2, 0.25) is 0 Å². The Morgan fingerprint density at radius 2 is 2.15 bits per heavy atom. The van der Waals surface area contributed by atoms with Crippen molar-refractivity contribution in [2.45, 2.75) is 54.8 Å². The van der Waals surface area contributed by atoms with Crippen LogP contribution in [0, 0.1) is 0 Å². The molecule has 1 aromatic carbocycles. The number of thioether (sulfide) groups is 1. The fourth-order valence-corrected chi connectivity index (χ4v) is 4.34. The predicted octanol–water partition coefficient (Wildman–Crippen LogP) is 3.45. The molecule has 0 aromatic heterocycles. The molecule has 1 unspecified atom stereocenters. The summed E-state index contributed by atoms with van der Waals surface area (Å²) in [4.78, 5) is 6.18. The van der Waals surface area contributed by atoms with Gasteiger partial charge in [-0.2, -0.15) is 0 Å². The molecule has 0 radical (unpaired) electrons. The molecule has 5 nitrogen and oxygen atoms in total. The van der Waals surface area contributed by atoms with Crippen molar-refractivity contribution >= 4 is 17.7 Å². The fraction of sp³-hybridized carbons (Fsp3) is 0.667. The van der Waals surface area contributed by atoms with Gasteiger partial charge in [-0.05, 0) is 51.2 Å². The first kappa shape index (κ1) is 20.5. The van der Waals surface area contributed by atoms with Crippen molar-refractivity contribution in [1.29, 1.82) is 0 Å². The number of benzene rings is 1. The van der Waals surface area contributed by atoms with Gasteiger partial charge in [-0.1, -0.05) is 18.2 Å². The molecular weight excluding hydrogens is 358 g/mol. The summed E-state index contributed by atoms with van der Waals surface area (Å²) in [5, 5.41) is 6.78. The largest absolute Gasteiger partial charge is 0.379 e. The lowest BCUT2D eigenvalue weighted by molar-refractivity contribution is 0.0168. The van der Waals surface area contributed by atoms with Gasteiger partial charge in [0, 0.05) is 35.9 Å². The molecule has 0 bridgehead atoms. The Bertz CT molecular complexity index is 572. The van der Waals surface area contributed by atoms with Gasteiger partial charge in [0.05, 0.1) is 19.3 Å². The Morgan fingerprint density at radius 3 is 2.85 bits per heavy atom. The molecule has 150 valence electrons. The highest BCUT2D eigenvalue weighted by Crippen LogP contribution is 2.51.